The number of amides is 1. The van der Waals surface area contributed by atoms with Crippen LogP contribution in [0, 0.1) is 6.92 Å². The Morgan fingerprint density at radius 3 is 3.12 bits per heavy atom. The van der Waals surface area contributed by atoms with Crippen molar-refractivity contribution in [3.8, 4) is 0 Å². The van der Waals surface area contributed by atoms with Crippen LogP contribution in [0.15, 0.2) is 18.3 Å². The van der Waals surface area contributed by atoms with Gasteiger partial charge in [0, 0.05) is 43.6 Å². The number of aromatic nitrogens is 1. The molecular formula is C12H17N3O. The summed E-state index contributed by atoms with van der Waals surface area (Å²) in [6, 6.07) is 4.38. The summed E-state index contributed by atoms with van der Waals surface area (Å²) in [5.41, 5.74) is 2.22. The van der Waals surface area contributed by atoms with Gasteiger partial charge >= 0.3 is 0 Å². The molecule has 1 aliphatic heterocycles. The van der Waals surface area contributed by atoms with Crippen molar-refractivity contribution in [2.75, 3.05) is 18.0 Å². The maximum atomic E-state index is 11.0. The topological polar surface area (TPSA) is 45.2 Å². The van der Waals surface area contributed by atoms with E-state index in [1.54, 1.807) is 6.92 Å². The van der Waals surface area contributed by atoms with E-state index in [0.29, 0.717) is 0 Å². The van der Waals surface area contributed by atoms with Crippen molar-refractivity contribution in [2.45, 2.75) is 26.3 Å². The molecule has 1 atom stereocenters. The van der Waals surface area contributed by atoms with Gasteiger partial charge in [-0.15, -0.1) is 0 Å². The molecule has 1 aliphatic rings. The molecule has 4 heteroatoms. The van der Waals surface area contributed by atoms with Crippen LogP contribution < -0.4 is 10.2 Å². The highest BCUT2D eigenvalue weighted by atomic mass is 16.1. The lowest BCUT2D eigenvalue weighted by atomic mass is 10.2. The predicted octanol–water partition coefficient (Wildman–Crippen LogP) is 1.10. The van der Waals surface area contributed by atoms with Crippen molar-refractivity contribution in [1.29, 1.82) is 0 Å². The molecule has 86 valence electrons. The largest absolute Gasteiger partial charge is 0.369 e. The highest BCUT2D eigenvalue weighted by Gasteiger charge is 2.23. The third-order valence-electron chi connectivity index (χ3n) is 2.84. The van der Waals surface area contributed by atoms with E-state index < -0.39 is 0 Å². The standard InChI is InChI=1S/C12H17N3O/c1-9-7-12(3-5-13-9)15-6-4-11(8-15)14-10(2)16/h3,5,7,11H,4,6,8H2,1-2H3,(H,14,16). The summed E-state index contributed by atoms with van der Waals surface area (Å²) < 4.78 is 0. The zero-order valence-corrected chi connectivity index (χ0v) is 9.73. The van der Waals surface area contributed by atoms with E-state index >= 15 is 0 Å². The molecule has 1 unspecified atom stereocenters. The van der Waals surface area contributed by atoms with Gasteiger partial charge in [0.05, 0.1) is 0 Å². The van der Waals surface area contributed by atoms with Gasteiger partial charge in [0.15, 0.2) is 0 Å². The molecule has 0 radical (unpaired) electrons. The molecular weight excluding hydrogens is 202 g/mol. The minimum absolute atomic E-state index is 0.0535. The molecule has 2 rings (SSSR count). The fourth-order valence-corrected chi connectivity index (χ4v) is 2.13. The van der Waals surface area contributed by atoms with Crippen molar-refractivity contribution in [1.82, 2.24) is 10.3 Å². The van der Waals surface area contributed by atoms with Crippen molar-refractivity contribution >= 4 is 11.6 Å². The van der Waals surface area contributed by atoms with Gasteiger partial charge in [-0.05, 0) is 25.5 Å². The van der Waals surface area contributed by atoms with E-state index in [9.17, 15) is 4.79 Å². The van der Waals surface area contributed by atoms with Crippen LogP contribution in [0.1, 0.15) is 19.0 Å². The van der Waals surface area contributed by atoms with E-state index in [1.807, 2.05) is 19.2 Å². The van der Waals surface area contributed by atoms with Gasteiger partial charge in [0.1, 0.15) is 0 Å². The second kappa shape index (κ2) is 4.51. The molecule has 1 N–H and O–H groups in total. The SMILES string of the molecule is CC(=O)NC1CCN(c2ccnc(C)c2)C1. The Hall–Kier alpha value is -1.58. The Kier molecular flexibility index (Phi) is 3.08. The molecule has 1 saturated heterocycles. The average molecular weight is 219 g/mol. The first-order chi connectivity index (χ1) is 7.65. The number of rotatable bonds is 2. The van der Waals surface area contributed by atoms with Gasteiger partial charge in [-0.25, -0.2) is 0 Å². The first-order valence-corrected chi connectivity index (χ1v) is 5.60. The molecule has 4 nitrogen and oxygen atoms in total. The molecule has 1 fully saturated rings. The van der Waals surface area contributed by atoms with Gasteiger partial charge in [0.25, 0.3) is 0 Å². The van der Waals surface area contributed by atoms with Crippen LogP contribution in [0.3, 0.4) is 0 Å². The second-order valence-electron chi connectivity index (χ2n) is 4.29. The van der Waals surface area contributed by atoms with Crippen molar-refractivity contribution in [2.24, 2.45) is 0 Å². The summed E-state index contributed by atoms with van der Waals surface area (Å²) in [5.74, 6) is 0.0535. The molecule has 0 aliphatic carbocycles. The van der Waals surface area contributed by atoms with Crippen LogP contribution in [0.25, 0.3) is 0 Å². The summed E-state index contributed by atoms with van der Waals surface area (Å²) in [6.07, 6.45) is 2.84. The fourth-order valence-electron chi connectivity index (χ4n) is 2.13. The lowest BCUT2D eigenvalue weighted by molar-refractivity contribution is -0.119. The smallest absolute Gasteiger partial charge is 0.217 e. The molecule has 0 spiro atoms. The van der Waals surface area contributed by atoms with Crippen LogP contribution in [-0.2, 0) is 4.79 Å². The van der Waals surface area contributed by atoms with Crippen LogP contribution >= 0.6 is 0 Å². The number of nitrogens with one attached hydrogen (secondary N) is 1. The molecule has 0 bridgehead atoms. The van der Waals surface area contributed by atoms with Gasteiger partial charge in [-0.1, -0.05) is 0 Å². The summed E-state index contributed by atoms with van der Waals surface area (Å²) in [6.45, 7) is 5.45. The first-order valence-electron chi connectivity index (χ1n) is 5.60. The monoisotopic (exact) mass is 219 g/mol. The van der Waals surface area contributed by atoms with E-state index in [4.69, 9.17) is 0 Å². The molecule has 1 aromatic heterocycles. The van der Waals surface area contributed by atoms with Gasteiger partial charge < -0.3 is 10.2 Å². The zero-order chi connectivity index (χ0) is 11.5. The van der Waals surface area contributed by atoms with Crippen LogP contribution in [0.2, 0.25) is 0 Å². The molecule has 0 aromatic carbocycles. The Labute approximate surface area is 95.7 Å². The van der Waals surface area contributed by atoms with E-state index in [0.717, 1.165) is 25.2 Å². The van der Waals surface area contributed by atoms with Crippen LogP contribution in [-0.4, -0.2) is 30.0 Å². The summed E-state index contributed by atoms with van der Waals surface area (Å²) in [5, 5.41) is 2.96. The molecule has 16 heavy (non-hydrogen) atoms. The van der Waals surface area contributed by atoms with Crippen LogP contribution in [0.5, 0.6) is 0 Å². The Morgan fingerprint density at radius 1 is 1.62 bits per heavy atom. The minimum atomic E-state index is 0.0535. The fraction of sp³-hybridized carbons (Fsp3) is 0.500. The van der Waals surface area contributed by atoms with E-state index in [2.05, 4.69) is 21.3 Å². The lowest BCUT2D eigenvalue weighted by Crippen LogP contribution is -2.35. The molecule has 1 amide bonds. The van der Waals surface area contributed by atoms with Gasteiger partial charge in [-0.2, -0.15) is 0 Å². The van der Waals surface area contributed by atoms with E-state index in [1.165, 1.54) is 5.69 Å². The number of aryl methyl sites for hydroxylation is 1. The number of hydrogen-bond donors (Lipinski definition) is 1. The third kappa shape index (κ3) is 2.51. The Bertz CT molecular complexity index is 392. The van der Waals surface area contributed by atoms with Crippen molar-refractivity contribution in [3.63, 3.8) is 0 Å². The third-order valence-corrected chi connectivity index (χ3v) is 2.84. The summed E-state index contributed by atoms with van der Waals surface area (Å²) >= 11 is 0. The van der Waals surface area contributed by atoms with Gasteiger partial charge in [0.2, 0.25) is 5.91 Å². The first kappa shape index (κ1) is 10.9. The molecule has 1 aromatic rings. The second-order valence-corrected chi connectivity index (χ2v) is 4.29. The van der Waals surface area contributed by atoms with Crippen molar-refractivity contribution in [3.05, 3.63) is 24.0 Å². The number of carbonyl (C=O) groups excluding carboxylic acids is 1. The zero-order valence-electron chi connectivity index (χ0n) is 9.73. The Morgan fingerprint density at radius 2 is 2.44 bits per heavy atom. The number of carbonyl (C=O) groups is 1. The predicted molar refractivity (Wildman–Crippen MR) is 63.4 cm³/mol. The maximum absolute atomic E-state index is 11.0. The van der Waals surface area contributed by atoms with Gasteiger partial charge in [-0.3, -0.25) is 9.78 Å². The highest BCUT2D eigenvalue weighted by Crippen LogP contribution is 2.20. The van der Waals surface area contributed by atoms with Crippen LogP contribution in [0.4, 0.5) is 5.69 Å². The summed E-state index contributed by atoms with van der Waals surface area (Å²) in [4.78, 5) is 17.4. The molecule has 0 saturated carbocycles. The van der Waals surface area contributed by atoms with E-state index in [-0.39, 0.29) is 11.9 Å². The Balaban J connectivity index is 2.00. The number of pyridine rings is 1. The average Bonchev–Trinajstić information content (AvgIpc) is 2.65. The number of hydrogen-bond acceptors (Lipinski definition) is 3. The molecule has 2 heterocycles. The highest BCUT2D eigenvalue weighted by molar-refractivity contribution is 5.73. The normalized spacial score (nSPS) is 19.9. The minimum Gasteiger partial charge on any atom is -0.369 e. The number of nitrogens with zero attached hydrogens (tertiary/aromatic N) is 2. The number of anilines is 1. The maximum Gasteiger partial charge on any atom is 0.217 e. The quantitative estimate of drug-likeness (QED) is 0.810. The summed E-state index contributed by atoms with van der Waals surface area (Å²) in [7, 11) is 0. The lowest BCUT2D eigenvalue weighted by Gasteiger charge is -2.18. The van der Waals surface area contributed by atoms with Crippen molar-refractivity contribution < 1.29 is 4.79 Å².